The normalized spacial score (nSPS) is 31.6. The number of hydrogen-bond acceptors (Lipinski definition) is 3. The van der Waals surface area contributed by atoms with Gasteiger partial charge in [-0.1, -0.05) is 0 Å². The standard InChI is InChI=1S/C14H27N3/c1-14(4-5-14)17-10-8-16(9-11-17)12-13-2-6-15-7-3-13/h13,15H,2-12H2,1H3. The van der Waals surface area contributed by atoms with Gasteiger partial charge in [0, 0.05) is 38.3 Å². The van der Waals surface area contributed by atoms with Crippen LogP contribution in [0.2, 0.25) is 0 Å². The van der Waals surface area contributed by atoms with E-state index in [0.717, 1.165) is 5.92 Å². The lowest BCUT2D eigenvalue weighted by atomic mass is 9.97. The molecule has 0 aromatic rings. The molecule has 0 spiro atoms. The minimum Gasteiger partial charge on any atom is -0.317 e. The van der Waals surface area contributed by atoms with Crippen LogP contribution < -0.4 is 5.32 Å². The summed E-state index contributed by atoms with van der Waals surface area (Å²) in [6.07, 6.45) is 5.64. The molecular formula is C14H27N3. The van der Waals surface area contributed by atoms with Crippen LogP contribution in [0.1, 0.15) is 32.6 Å². The van der Waals surface area contributed by atoms with Crippen molar-refractivity contribution in [2.75, 3.05) is 45.8 Å². The van der Waals surface area contributed by atoms with Crippen molar-refractivity contribution < 1.29 is 0 Å². The van der Waals surface area contributed by atoms with Crippen LogP contribution in [0.3, 0.4) is 0 Å². The smallest absolute Gasteiger partial charge is 0.0183 e. The van der Waals surface area contributed by atoms with E-state index in [0.29, 0.717) is 5.54 Å². The molecule has 3 rings (SSSR count). The lowest BCUT2D eigenvalue weighted by Crippen LogP contribution is -2.51. The van der Waals surface area contributed by atoms with E-state index in [2.05, 4.69) is 22.0 Å². The Balaban J connectivity index is 1.41. The highest BCUT2D eigenvalue weighted by molar-refractivity contribution is 5.01. The molecular weight excluding hydrogens is 210 g/mol. The van der Waals surface area contributed by atoms with E-state index in [4.69, 9.17) is 0 Å². The maximum Gasteiger partial charge on any atom is 0.0183 e. The van der Waals surface area contributed by atoms with Crippen molar-refractivity contribution in [3.05, 3.63) is 0 Å². The summed E-state index contributed by atoms with van der Waals surface area (Å²) in [5.41, 5.74) is 0.598. The maximum atomic E-state index is 3.46. The first-order chi connectivity index (χ1) is 8.26. The SMILES string of the molecule is CC1(N2CCN(CC3CCNCC3)CC2)CC1. The maximum absolute atomic E-state index is 3.46. The van der Waals surface area contributed by atoms with E-state index in [-0.39, 0.29) is 0 Å². The Morgan fingerprint density at radius 3 is 2.29 bits per heavy atom. The van der Waals surface area contributed by atoms with E-state index in [9.17, 15) is 0 Å². The second-order valence-corrected chi connectivity index (χ2v) is 6.48. The van der Waals surface area contributed by atoms with Crippen LogP contribution >= 0.6 is 0 Å². The van der Waals surface area contributed by atoms with Gasteiger partial charge in [-0.2, -0.15) is 0 Å². The molecule has 3 aliphatic rings. The van der Waals surface area contributed by atoms with Crippen molar-refractivity contribution in [3.8, 4) is 0 Å². The van der Waals surface area contributed by atoms with Crippen molar-refractivity contribution >= 4 is 0 Å². The molecule has 3 nitrogen and oxygen atoms in total. The molecule has 2 heterocycles. The number of hydrogen-bond donors (Lipinski definition) is 1. The van der Waals surface area contributed by atoms with Crippen LogP contribution in [0.25, 0.3) is 0 Å². The van der Waals surface area contributed by atoms with Gasteiger partial charge in [0.2, 0.25) is 0 Å². The van der Waals surface area contributed by atoms with Crippen LogP contribution in [-0.4, -0.2) is 61.2 Å². The van der Waals surface area contributed by atoms with Gasteiger partial charge in [-0.15, -0.1) is 0 Å². The predicted octanol–water partition coefficient (Wildman–Crippen LogP) is 1.16. The Labute approximate surface area is 106 Å². The molecule has 2 aliphatic heterocycles. The third kappa shape index (κ3) is 2.83. The lowest BCUT2D eigenvalue weighted by Gasteiger charge is -2.40. The molecule has 0 aromatic heterocycles. The minimum absolute atomic E-state index is 0.598. The molecule has 3 heteroatoms. The van der Waals surface area contributed by atoms with Gasteiger partial charge in [0.25, 0.3) is 0 Å². The molecule has 1 N–H and O–H groups in total. The largest absolute Gasteiger partial charge is 0.317 e. The molecule has 1 aliphatic carbocycles. The number of piperazine rings is 1. The molecule has 0 unspecified atom stereocenters. The van der Waals surface area contributed by atoms with Crippen molar-refractivity contribution in [1.29, 1.82) is 0 Å². The molecule has 3 fully saturated rings. The van der Waals surface area contributed by atoms with Crippen LogP contribution in [0.15, 0.2) is 0 Å². The van der Waals surface area contributed by atoms with Gasteiger partial charge in [0.05, 0.1) is 0 Å². The van der Waals surface area contributed by atoms with Crippen LogP contribution in [0, 0.1) is 5.92 Å². The summed E-state index contributed by atoms with van der Waals surface area (Å²) in [6, 6.07) is 0. The van der Waals surface area contributed by atoms with Gasteiger partial charge in [0.15, 0.2) is 0 Å². The fourth-order valence-electron chi connectivity index (χ4n) is 3.40. The Bertz CT molecular complexity index is 248. The number of piperidine rings is 1. The molecule has 98 valence electrons. The van der Waals surface area contributed by atoms with Gasteiger partial charge in [0.1, 0.15) is 0 Å². The van der Waals surface area contributed by atoms with E-state index < -0.39 is 0 Å². The molecule has 0 amide bonds. The Morgan fingerprint density at radius 2 is 1.71 bits per heavy atom. The summed E-state index contributed by atoms with van der Waals surface area (Å²) in [7, 11) is 0. The average molecular weight is 237 g/mol. The predicted molar refractivity (Wildman–Crippen MR) is 71.2 cm³/mol. The summed E-state index contributed by atoms with van der Waals surface area (Å²) in [4.78, 5) is 5.43. The summed E-state index contributed by atoms with van der Waals surface area (Å²) in [5.74, 6) is 0.958. The highest BCUT2D eigenvalue weighted by Gasteiger charge is 2.43. The molecule has 2 saturated heterocycles. The Kier molecular flexibility index (Phi) is 3.42. The summed E-state index contributed by atoms with van der Waals surface area (Å²) >= 11 is 0. The highest BCUT2D eigenvalue weighted by Crippen LogP contribution is 2.41. The van der Waals surface area contributed by atoms with E-state index in [1.54, 1.807) is 0 Å². The van der Waals surface area contributed by atoms with E-state index >= 15 is 0 Å². The molecule has 0 radical (unpaired) electrons. The monoisotopic (exact) mass is 237 g/mol. The van der Waals surface area contributed by atoms with Gasteiger partial charge in [-0.05, 0) is 51.6 Å². The number of nitrogens with zero attached hydrogens (tertiary/aromatic N) is 2. The van der Waals surface area contributed by atoms with Gasteiger partial charge in [-0.3, -0.25) is 4.90 Å². The zero-order valence-electron chi connectivity index (χ0n) is 11.2. The van der Waals surface area contributed by atoms with E-state index in [1.807, 2.05) is 0 Å². The van der Waals surface area contributed by atoms with Crippen LogP contribution in [0.5, 0.6) is 0 Å². The first-order valence-electron chi connectivity index (χ1n) is 7.44. The molecule has 17 heavy (non-hydrogen) atoms. The first kappa shape index (κ1) is 11.9. The average Bonchev–Trinajstić information content (AvgIpc) is 3.11. The third-order valence-electron chi connectivity index (χ3n) is 5.08. The fourth-order valence-corrected chi connectivity index (χ4v) is 3.40. The quantitative estimate of drug-likeness (QED) is 0.794. The fraction of sp³-hybridized carbons (Fsp3) is 1.00. The second-order valence-electron chi connectivity index (χ2n) is 6.48. The van der Waals surface area contributed by atoms with Crippen LogP contribution in [-0.2, 0) is 0 Å². The first-order valence-corrected chi connectivity index (χ1v) is 7.44. The van der Waals surface area contributed by atoms with Crippen molar-refractivity contribution in [3.63, 3.8) is 0 Å². The molecule has 1 saturated carbocycles. The van der Waals surface area contributed by atoms with Crippen molar-refractivity contribution in [2.45, 2.75) is 38.1 Å². The molecule has 0 bridgehead atoms. The zero-order chi connectivity index (χ0) is 11.7. The highest BCUT2D eigenvalue weighted by atomic mass is 15.3. The minimum atomic E-state index is 0.598. The van der Waals surface area contributed by atoms with Gasteiger partial charge >= 0.3 is 0 Å². The second kappa shape index (κ2) is 4.87. The summed E-state index contributed by atoms with van der Waals surface area (Å²) < 4.78 is 0. The van der Waals surface area contributed by atoms with Crippen LogP contribution in [0.4, 0.5) is 0 Å². The Morgan fingerprint density at radius 1 is 1.06 bits per heavy atom. The number of rotatable bonds is 3. The Hall–Kier alpha value is -0.120. The molecule has 0 aromatic carbocycles. The zero-order valence-corrected chi connectivity index (χ0v) is 11.2. The van der Waals surface area contributed by atoms with Gasteiger partial charge in [-0.25, -0.2) is 0 Å². The van der Waals surface area contributed by atoms with Crippen molar-refractivity contribution in [1.82, 2.24) is 15.1 Å². The lowest BCUT2D eigenvalue weighted by molar-refractivity contribution is 0.0785. The summed E-state index contributed by atoms with van der Waals surface area (Å²) in [5, 5.41) is 3.46. The third-order valence-corrected chi connectivity index (χ3v) is 5.08. The molecule has 0 atom stereocenters. The summed E-state index contributed by atoms with van der Waals surface area (Å²) in [6.45, 7) is 11.5. The van der Waals surface area contributed by atoms with Crippen molar-refractivity contribution in [2.24, 2.45) is 5.92 Å². The topological polar surface area (TPSA) is 18.5 Å². The van der Waals surface area contributed by atoms with E-state index in [1.165, 1.54) is 71.5 Å². The number of nitrogens with one attached hydrogen (secondary N) is 1. The van der Waals surface area contributed by atoms with Gasteiger partial charge < -0.3 is 10.2 Å².